The summed E-state index contributed by atoms with van der Waals surface area (Å²) in [6.45, 7) is 2.01. The maximum absolute atomic E-state index is 14.5. The molecule has 6 rings (SSSR count). The zero-order chi connectivity index (χ0) is 34.9. The van der Waals surface area contributed by atoms with Crippen LogP contribution in [0.3, 0.4) is 0 Å². The largest absolute Gasteiger partial charge is 0.412 e. The average Bonchev–Trinajstić information content (AvgIpc) is 3.52. The maximum Gasteiger partial charge on any atom is 0.412 e. The molecular weight excluding hydrogens is 660 g/mol. The van der Waals surface area contributed by atoms with E-state index in [0.29, 0.717) is 42.0 Å². The number of rotatable bonds is 9. The number of amides is 1. The molecule has 0 bridgehead atoms. The Balaban J connectivity index is 1.50. The molecule has 3 heterocycles. The number of aliphatic hydroxyl groups is 1. The Labute approximate surface area is 282 Å². The van der Waals surface area contributed by atoms with Gasteiger partial charge in [0.25, 0.3) is 5.91 Å². The minimum Gasteiger partial charge on any atom is -0.392 e. The van der Waals surface area contributed by atoms with Gasteiger partial charge in [-0.25, -0.2) is 17.8 Å². The molecule has 0 spiro atoms. The summed E-state index contributed by atoms with van der Waals surface area (Å²) in [5.74, 6) is -1.04. The number of alkyl halides is 4. The molecule has 1 amide bonds. The fourth-order valence-electron chi connectivity index (χ4n) is 6.94. The van der Waals surface area contributed by atoms with Crippen molar-refractivity contribution in [1.29, 1.82) is 0 Å². The number of nitrogens with zero attached hydrogens (tertiary/aromatic N) is 3. The van der Waals surface area contributed by atoms with E-state index >= 15 is 0 Å². The lowest BCUT2D eigenvalue weighted by molar-refractivity contribution is -0.155. The minimum absolute atomic E-state index is 0.0933. The van der Waals surface area contributed by atoms with E-state index in [1.165, 1.54) is 42.5 Å². The van der Waals surface area contributed by atoms with Crippen LogP contribution in [0.15, 0.2) is 77.7 Å². The monoisotopic (exact) mass is 698 g/mol. The van der Waals surface area contributed by atoms with Crippen molar-refractivity contribution in [3.05, 3.63) is 95.1 Å². The number of pyridine rings is 1. The summed E-state index contributed by atoms with van der Waals surface area (Å²) < 4.78 is 82.7. The van der Waals surface area contributed by atoms with Gasteiger partial charge in [-0.05, 0) is 67.7 Å². The van der Waals surface area contributed by atoms with Gasteiger partial charge in [0.1, 0.15) is 6.67 Å². The van der Waals surface area contributed by atoms with Crippen LogP contribution in [0.5, 0.6) is 0 Å². The molecule has 49 heavy (non-hydrogen) atoms. The molecule has 2 saturated heterocycles. The highest BCUT2D eigenvalue weighted by Gasteiger charge is 2.42. The molecule has 2 N–H and O–H groups in total. The second-order valence-corrected chi connectivity index (χ2v) is 14.9. The molecule has 0 saturated carbocycles. The fraction of sp³-hybridized carbons (Fsp3) is 0.389. The normalized spacial score (nSPS) is 18.9. The van der Waals surface area contributed by atoms with Crippen molar-refractivity contribution in [2.45, 2.75) is 61.7 Å². The summed E-state index contributed by atoms with van der Waals surface area (Å²) in [6.07, 6.45) is -1.90. The number of nitrogens with one attached hydrogen (secondary N) is 1. The summed E-state index contributed by atoms with van der Waals surface area (Å²) in [7, 11) is -3.77. The summed E-state index contributed by atoms with van der Waals surface area (Å²) in [4.78, 5) is 23.5. The van der Waals surface area contributed by atoms with Gasteiger partial charge in [-0.15, -0.1) is 0 Å². The fourth-order valence-corrected chi connectivity index (χ4v) is 7.58. The third kappa shape index (κ3) is 7.80. The maximum atomic E-state index is 14.5. The van der Waals surface area contributed by atoms with Gasteiger partial charge >= 0.3 is 6.18 Å². The third-order valence-corrected chi connectivity index (χ3v) is 10.6. The number of sulfone groups is 1. The number of carbonyl (C=O) groups is 1. The zero-order valence-corrected chi connectivity index (χ0v) is 27.8. The molecule has 0 unspecified atom stereocenters. The lowest BCUT2D eigenvalue weighted by Gasteiger charge is -2.37. The number of benzene rings is 3. The first-order chi connectivity index (χ1) is 23.3. The van der Waals surface area contributed by atoms with E-state index in [1.54, 1.807) is 30.3 Å². The van der Waals surface area contributed by atoms with Crippen LogP contribution < -0.4 is 5.32 Å². The third-order valence-electron chi connectivity index (χ3n) is 9.45. The highest BCUT2D eigenvalue weighted by molar-refractivity contribution is 7.90. The van der Waals surface area contributed by atoms with Crippen LogP contribution in [0.4, 0.5) is 17.6 Å². The predicted octanol–water partition coefficient (Wildman–Crippen LogP) is 5.84. The standard InChI is InChI=1S/C36H38F4N4O4S/c1-49(47,48)28-10-11-31-29(19-28)32(35(46)42-34(36(38,39)40)24-7-3-2-4-8-24)30(33(41-31)25-9-5-6-23(18-25)20-37)22-43-15-12-26(13-16-43)44-17-14-27(45)21-44/h2-11,18-19,26-27,34,45H,12-17,20-22H2,1H3,(H,42,46)/t27-,34-/m1/s1. The van der Waals surface area contributed by atoms with E-state index in [2.05, 4.69) is 15.1 Å². The molecule has 2 atom stereocenters. The van der Waals surface area contributed by atoms with E-state index in [4.69, 9.17) is 4.98 Å². The number of halogens is 4. The van der Waals surface area contributed by atoms with Crippen molar-refractivity contribution < 1.29 is 35.9 Å². The molecular formula is C36H38F4N4O4S. The van der Waals surface area contributed by atoms with Crippen molar-refractivity contribution >= 4 is 26.6 Å². The zero-order valence-electron chi connectivity index (χ0n) is 27.0. The van der Waals surface area contributed by atoms with E-state index < -0.39 is 34.6 Å². The van der Waals surface area contributed by atoms with Gasteiger partial charge in [-0.1, -0.05) is 48.5 Å². The first-order valence-electron chi connectivity index (χ1n) is 16.2. The molecule has 8 nitrogen and oxygen atoms in total. The van der Waals surface area contributed by atoms with Crippen LogP contribution in [0.1, 0.15) is 52.4 Å². The summed E-state index contributed by atoms with van der Waals surface area (Å²) in [6, 6.07) is 15.6. The highest BCUT2D eigenvalue weighted by Crippen LogP contribution is 2.37. The molecule has 1 aromatic heterocycles. The van der Waals surface area contributed by atoms with Crippen molar-refractivity contribution in [2.24, 2.45) is 0 Å². The van der Waals surface area contributed by atoms with Gasteiger partial charge < -0.3 is 10.4 Å². The van der Waals surface area contributed by atoms with Crippen LogP contribution in [0.25, 0.3) is 22.2 Å². The van der Waals surface area contributed by atoms with Gasteiger partial charge in [-0.3, -0.25) is 14.6 Å². The van der Waals surface area contributed by atoms with Gasteiger partial charge in [0, 0.05) is 48.4 Å². The second-order valence-electron chi connectivity index (χ2n) is 12.9. The van der Waals surface area contributed by atoms with Crippen LogP contribution in [-0.2, 0) is 23.1 Å². The van der Waals surface area contributed by atoms with Crippen LogP contribution >= 0.6 is 0 Å². The Morgan fingerprint density at radius 3 is 2.37 bits per heavy atom. The lowest BCUT2D eigenvalue weighted by atomic mass is 9.93. The van der Waals surface area contributed by atoms with Crippen LogP contribution in [0.2, 0.25) is 0 Å². The quantitative estimate of drug-likeness (QED) is 0.212. The Morgan fingerprint density at radius 2 is 1.73 bits per heavy atom. The Bertz CT molecular complexity index is 1930. The van der Waals surface area contributed by atoms with Gasteiger partial charge in [0.2, 0.25) is 0 Å². The molecule has 0 radical (unpaired) electrons. The van der Waals surface area contributed by atoms with Crippen LogP contribution in [-0.4, -0.2) is 85.0 Å². The number of carbonyl (C=O) groups excluding carboxylic acids is 1. The predicted molar refractivity (Wildman–Crippen MR) is 178 cm³/mol. The average molecular weight is 699 g/mol. The Hall–Kier alpha value is -3.91. The number of aromatic nitrogens is 1. The lowest BCUT2D eigenvalue weighted by Crippen LogP contribution is -2.44. The summed E-state index contributed by atoms with van der Waals surface area (Å²) >= 11 is 0. The number of aliphatic hydroxyl groups excluding tert-OH is 1. The van der Waals surface area contributed by atoms with Crippen molar-refractivity contribution in [3.63, 3.8) is 0 Å². The first-order valence-corrected chi connectivity index (χ1v) is 18.1. The molecule has 2 aliphatic heterocycles. The van der Waals surface area contributed by atoms with E-state index in [9.17, 15) is 35.9 Å². The highest BCUT2D eigenvalue weighted by atomic mass is 32.2. The van der Waals surface area contributed by atoms with Crippen molar-refractivity contribution in [1.82, 2.24) is 20.1 Å². The summed E-state index contributed by atoms with van der Waals surface area (Å²) in [5.41, 5.74) is 1.37. The SMILES string of the molecule is CS(=O)(=O)c1ccc2nc(-c3cccc(CF)c3)c(CN3CCC(N4CC[C@@H](O)C4)CC3)c(C(=O)N[C@H](c3ccccc3)C(F)(F)F)c2c1. The van der Waals surface area contributed by atoms with Crippen molar-refractivity contribution in [2.75, 3.05) is 32.4 Å². The number of likely N-dealkylation sites (tertiary alicyclic amines) is 2. The second kappa shape index (κ2) is 14.1. The number of hydrogen-bond acceptors (Lipinski definition) is 7. The molecule has 4 aromatic rings. The molecule has 13 heteroatoms. The smallest absolute Gasteiger partial charge is 0.392 e. The van der Waals surface area contributed by atoms with E-state index in [0.717, 1.165) is 32.1 Å². The molecule has 2 fully saturated rings. The van der Waals surface area contributed by atoms with E-state index in [-0.39, 0.29) is 45.6 Å². The van der Waals surface area contributed by atoms with Gasteiger partial charge in [-0.2, -0.15) is 13.2 Å². The summed E-state index contributed by atoms with van der Waals surface area (Å²) in [5, 5.41) is 12.4. The van der Waals surface area contributed by atoms with Crippen molar-refractivity contribution in [3.8, 4) is 11.3 Å². The number of piperidine rings is 1. The van der Waals surface area contributed by atoms with E-state index in [1.807, 2.05) is 0 Å². The number of fused-ring (bicyclic) bond motifs is 1. The minimum atomic E-state index is -4.85. The van der Waals surface area contributed by atoms with Gasteiger partial charge in [0.15, 0.2) is 15.9 Å². The molecule has 3 aromatic carbocycles. The molecule has 0 aliphatic carbocycles. The topological polar surface area (TPSA) is 103 Å². The molecule has 2 aliphatic rings. The van der Waals surface area contributed by atoms with Crippen LogP contribution in [0, 0.1) is 0 Å². The number of β-amino-alcohol motifs (C(OH)–C–C–N with tert-alkyl or cyclic N) is 1. The number of hydrogen-bond donors (Lipinski definition) is 2. The Morgan fingerprint density at radius 1 is 1.00 bits per heavy atom. The Kier molecular flexibility index (Phi) is 10.1. The first kappa shape index (κ1) is 34.9. The van der Waals surface area contributed by atoms with Gasteiger partial charge in [0.05, 0.1) is 27.8 Å². The molecule has 260 valence electrons.